The van der Waals surface area contributed by atoms with Crippen molar-refractivity contribution in [3.8, 4) is 0 Å². The number of benzene rings is 1. The summed E-state index contributed by atoms with van der Waals surface area (Å²) >= 11 is 3.54. The Bertz CT molecular complexity index is 505. The zero-order valence-electron chi connectivity index (χ0n) is 9.20. The maximum Gasteiger partial charge on any atom is 0.176 e. The number of hydrogen-bond acceptors (Lipinski definition) is 2. The minimum absolute atomic E-state index is 0.304. The average molecular weight is 277 g/mol. The summed E-state index contributed by atoms with van der Waals surface area (Å²) in [5.74, 6) is 0. The molecule has 3 heteroatoms. The van der Waals surface area contributed by atoms with Crippen LogP contribution in [0.5, 0.6) is 0 Å². The van der Waals surface area contributed by atoms with Crippen molar-refractivity contribution in [2.24, 2.45) is 9.98 Å². The van der Waals surface area contributed by atoms with E-state index in [2.05, 4.69) is 39.1 Å². The molecule has 1 heterocycles. The first-order chi connectivity index (χ1) is 7.70. The Hall–Kier alpha value is -0.960. The summed E-state index contributed by atoms with van der Waals surface area (Å²) < 4.78 is 1.11. The number of nitrogens with zero attached hydrogens (tertiary/aromatic N) is 2. The maximum atomic E-state index is 4.74. The first-order valence-corrected chi connectivity index (χ1v) is 6.39. The molecule has 0 saturated carbocycles. The second-order valence-electron chi connectivity index (χ2n) is 4.48. The minimum atomic E-state index is -0.304. The molecule has 1 aliphatic carbocycles. The van der Waals surface area contributed by atoms with Gasteiger partial charge in [0, 0.05) is 16.3 Å². The van der Waals surface area contributed by atoms with Crippen LogP contribution in [0.2, 0.25) is 0 Å². The van der Waals surface area contributed by atoms with Crippen LogP contribution in [-0.4, -0.2) is 11.9 Å². The highest BCUT2D eigenvalue weighted by atomic mass is 79.9. The maximum absolute atomic E-state index is 4.74. The Morgan fingerprint density at radius 1 is 1.38 bits per heavy atom. The molecule has 0 amide bonds. The van der Waals surface area contributed by atoms with Crippen molar-refractivity contribution in [1.29, 1.82) is 0 Å². The number of aliphatic imine (C=N–C) groups is 2. The van der Waals surface area contributed by atoms with Crippen LogP contribution in [0.1, 0.15) is 30.9 Å². The van der Waals surface area contributed by atoms with Crippen LogP contribution in [0.4, 0.5) is 0 Å². The molecule has 0 aromatic heterocycles. The Morgan fingerprint density at radius 2 is 2.25 bits per heavy atom. The van der Waals surface area contributed by atoms with E-state index in [0.29, 0.717) is 0 Å². The van der Waals surface area contributed by atoms with E-state index in [1.165, 1.54) is 17.5 Å². The van der Waals surface area contributed by atoms with Crippen molar-refractivity contribution in [2.75, 3.05) is 0 Å². The van der Waals surface area contributed by atoms with Crippen LogP contribution in [-0.2, 0) is 12.1 Å². The number of aryl methyl sites for hydroxylation is 1. The van der Waals surface area contributed by atoms with Crippen LogP contribution < -0.4 is 0 Å². The summed E-state index contributed by atoms with van der Waals surface area (Å²) in [6.45, 7) is 2.02. The second kappa shape index (κ2) is 3.52. The van der Waals surface area contributed by atoms with E-state index in [4.69, 9.17) is 4.99 Å². The van der Waals surface area contributed by atoms with Crippen LogP contribution in [0, 0.1) is 0 Å². The Labute approximate surface area is 104 Å². The molecule has 0 radical (unpaired) electrons. The standard InChI is InChI=1S/C13H13BrN2/c1-9-8-15-13(16-9)6-2-3-10-4-5-11(14)7-12(10)13/h4-5,7-8H,2-3,6H2,1H3. The summed E-state index contributed by atoms with van der Waals surface area (Å²) in [5.41, 5.74) is 3.40. The first kappa shape index (κ1) is 10.2. The summed E-state index contributed by atoms with van der Waals surface area (Å²) in [6, 6.07) is 6.47. The van der Waals surface area contributed by atoms with Gasteiger partial charge < -0.3 is 0 Å². The molecule has 1 aliphatic heterocycles. The minimum Gasteiger partial charge on any atom is -0.257 e. The lowest BCUT2D eigenvalue weighted by Crippen LogP contribution is -2.25. The third kappa shape index (κ3) is 1.46. The fraction of sp³-hybridized carbons (Fsp3) is 0.385. The van der Waals surface area contributed by atoms with Gasteiger partial charge in [0.1, 0.15) is 0 Å². The summed E-state index contributed by atoms with van der Waals surface area (Å²) in [7, 11) is 0. The largest absolute Gasteiger partial charge is 0.257 e. The van der Waals surface area contributed by atoms with Crippen molar-refractivity contribution >= 4 is 27.9 Å². The molecule has 3 rings (SSSR count). The predicted octanol–water partition coefficient (Wildman–Crippen LogP) is 3.48. The molecular formula is C13H13BrN2. The summed E-state index contributed by atoms with van der Waals surface area (Å²) in [6.07, 6.45) is 5.25. The van der Waals surface area contributed by atoms with Crippen molar-refractivity contribution < 1.29 is 0 Å². The molecule has 2 nitrogen and oxygen atoms in total. The van der Waals surface area contributed by atoms with Crippen molar-refractivity contribution in [1.82, 2.24) is 0 Å². The highest BCUT2D eigenvalue weighted by molar-refractivity contribution is 9.10. The molecule has 1 spiro atoms. The summed E-state index contributed by atoms with van der Waals surface area (Å²) in [5, 5.41) is 0. The van der Waals surface area contributed by atoms with Gasteiger partial charge in [-0.1, -0.05) is 22.0 Å². The molecule has 1 aromatic carbocycles. The molecule has 82 valence electrons. The van der Waals surface area contributed by atoms with E-state index in [0.717, 1.165) is 23.0 Å². The van der Waals surface area contributed by atoms with E-state index in [1.807, 2.05) is 13.1 Å². The lowest BCUT2D eigenvalue weighted by molar-refractivity contribution is 0.401. The molecule has 1 atom stereocenters. The second-order valence-corrected chi connectivity index (χ2v) is 5.40. The van der Waals surface area contributed by atoms with E-state index in [9.17, 15) is 0 Å². The highest BCUT2D eigenvalue weighted by Crippen LogP contribution is 2.42. The van der Waals surface area contributed by atoms with Crippen LogP contribution in [0.3, 0.4) is 0 Å². The Kier molecular flexibility index (Phi) is 2.25. The molecule has 0 saturated heterocycles. The van der Waals surface area contributed by atoms with Gasteiger partial charge in [0.2, 0.25) is 0 Å². The smallest absolute Gasteiger partial charge is 0.176 e. The van der Waals surface area contributed by atoms with Gasteiger partial charge >= 0.3 is 0 Å². The number of hydrogen-bond donors (Lipinski definition) is 0. The van der Waals surface area contributed by atoms with Crippen molar-refractivity contribution in [3.05, 3.63) is 33.8 Å². The third-order valence-corrected chi connectivity index (χ3v) is 3.79. The van der Waals surface area contributed by atoms with Crippen molar-refractivity contribution in [3.63, 3.8) is 0 Å². The molecule has 1 aromatic rings. The van der Waals surface area contributed by atoms with E-state index in [1.54, 1.807) is 0 Å². The fourth-order valence-corrected chi connectivity index (χ4v) is 2.96. The monoisotopic (exact) mass is 276 g/mol. The molecule has 2 aliphatic rings. The summed E-state index contributed by atoms with van der Waals surface area (Å²) in [4.78, 5) is 9.38. The van der Waals surface area contributed by atoms with Gasteiger partial charge in [-0.05, 0) is 43.9 Å². The van der Waals surface area contributed by atoms with Crippen LogP contribution in [0.15, 0.2) is 32.7 Å². The topological polar surface area (TPSA) is 24.7 Å². The average Bonchev–Trinajstić information content (AvgIpc) is 2.63. The van der Waals surface area contributed by atoms with Gasteiger partial charge in [-0.15, -0.1) is 0 Å². The lowest BCUT2D eigenvalue weighted by atomic mass is 9.83. The molecule has 1 unspecified atom stereocenters. The molecular weight excluding hydrogens is 264 g/mol. The number of fused-ring (bicyclic) bond motifs is 2. The predicted molar refractivity (Wildman–Crippen MR) is 70.4 cm³/mol. The zero-order chi connectivity index (χ0) is 11.2. The van der Waals surface area contributed by atoms with Gasteiger partial charge in [-0.3, -0.25) is 9.98 Å². The van der Waals surface area contributed by atoms with Gasteiger partial charge in [0.25, 0.3) is 0 Å². The molecule has 0 fully saturated rings. The quantitative estimate of drug-likeness (QED) is 0.693. The Balaban J connectivity index is 2.20. The normalized spacial score (nSPS) is 27.0. The third-order valence-electron chi connectivity index (χ3n) is 3.30. The fourth-order valence-electron chi connectivity index (χ4n) is 2.60. The van der Waals surface area contributed by atoms with Gasteiger partial charge in [-0.2, -0.15) is 0 Å². The van der Waals surface area contributed by atoms with Gasteiger partial charge in [-0.25, -0.2) is 0 Å². The molecule has 0 N–H and O–H groups in total. The Morgan fingerprint density at radius 3 is 3.00 bits per heavy atom. The zero-order valence-corrected chi connectivity index (χ0v) is 10.8. The van der Waals surface area contributed by atoms with Crippen molar-refractivity contribution in [2.45, 2.75) is 31.8 Å². The van der Waals surface area contributed by atoms with Crippen LogP contribution >= 0.6 is 15.9 Å². The van der Waals surface area contributed by atoms with E-state index < -0.39 is 0 Å². The number of rotatable bonds is 0. The SMILES string of the molecule is CC1=NC2(CCCc3ccc(Br)cc32)N=C1. The first-order valence-electron chi connectivity index (χ1n) is 5.60. The van der Waals surface area contributed by atoms with E-state index >= 15 is 0 Å². The van der Waals surface area contributed by atoms with Gasteiger partial charge in [0.15, 0.2) is 5.66 Å². The molecule has 0 bridgehead atoms. The lowest BCUT2D eigenvalue weighted by Gasteiger charge is -2.30. The molecule has 16 heavy (non-hydrogen) atoms. The van der Waals surface area contributed by atoms with Crippen LogP contribution in [0.25, 0.3) is 0 Å². The highest BCUT2D eigenvalue weighted by Gasteiger charge is 2.37. The number of halogens is 1. The van der Waals surface area contributed by atoms with E-state index in [-0.39, 0.29) is 5.66 Å². The van der Waals surface area contributed by atoms with Gasteiger partial charge in [0.05, 0.1) is 5.71 Å².